The van der Waals surface area contributed by atoms with Crippen LogP contribution < -0.4 is 0 Å². The van der Waals surface area contributed by atoms with Gasteiger partial charge in [-0.3, -0.25) is 0 Å². The fraction of sp³-hybridized carbons (Fsp3) is 0.400. The topological polar surface area (TPSA) is 27.1 Å². The largest absolute Gasteiger partial charge is 0.360 e. The lowest BCUT2D eigenvalue weighted by atomic mass is 10.2. The highest BCUT2D eigenvalue weighted by molar-refractivity contribution is 9.10. The van der Waals surface area contributed by atoms with Crippen LogP contribution in [0.1, 0.15) is 0 Å². The predicted molar refractivity (Wildman–Crippen MR) is 89.5 cm³/mol. The first-order chi connectivity index (χ1) is 9.44. The Kier molecular flexibility index (Phi) is 5.18. The molecule has 0 amide bonds. The van der Waals surface area contributed by atoms with Crippen LogP contribution in [0.4, 0.5) is 0 Å². The summed E-state index contributed by atoms with van der Waals surface area (Å²) in [6.45, 7) is 8.42. The molecular weight excluding hydrogens is 332 g/mol. The maximum Gasteiger partial charge on any atom is 0.139 e. The van der Waals surface area contributed by atoms with Crippen LogP contribution in [0.2, 0.25) is 25.7 Å². The van der Waals surface area contributed by atoms with E-state index in [4.69, 9.17) is 4.74 Å². The molecule has 0 saturated heterocycles. The standard InChI is InChI=1S/C15H21BrN2OSi/c1-20(2,3)11-10-19-12-18-9-8-15(17-18)13-4-6-14(16)7-5-13/h4-9H,10-12H2,1-3H3. The number of halogens is 1. The van der Waals surface area contributed by atoms with Gasteiger partial charge in [-0.1, -0.05) is 47.7 Å². The van der Waals surface area contributed by atoms with Crippen LogP contribution >= 0.6 is 15.9 Å². The predicted octanol–water partition coefficient (Wildman–Crippen LogP) is 4.62. The first-order valence-electron chi connectivity index (χ1n) is 6.81. The van der Waals surface area contributed by atoms with Crippen molar-refractivity contribution in [1.82, 2.24) is 9.78 Å². The molecule has 1 aromatic heterocycles. The zero-order valence-corrected chi connectivity index (χ0v) is 14.9. The molecular formula is C15H21BrN2OSi. The molecule has 2 rings (SSSR count). The third-order valence-corrected chi connectivity index (χ3v) is 5.23. The van der Waals surface area contributed by atoms with Crippen LogP contribution in [0, 0.1) is 0 Å². The Hall–Kier alpha value is -0.913. The molecule has 0 N–H and O–H groups in total. The Morgan fingerprint density at radius 3 is 2.50 bits per heavy atom. The summed E-state index contributed by atoms with van der Waals surface area (Å²) in [5.41, 5.74) is 2.10. The van der Waals surface area contributed by atoms with Crippen LogP contribution in [0.3, 0.4) is 0 Å². The Bertz CT molecular complexity index is 546. The quantitative estimate of drug-likeness (QED) is 0.559. The van der Waals surface area contributed by atoms with Crippen LogP contribution in [0.5, 0.6) is 0 Å². The van der Waals surface area contributed by atoms with Gasteiger partial charge in [0.05, 0.1) is 5.69 Å². The molecule has 0 unspecified atom stereocenters. The zero-order chi connectivity index (χ0) is 14.6. The summed E-state index contributed by atoms with van der Waals surface area (Å²) in [5.74, 6) is 0. The molecule has 0 aliphatic carbocycles. The summed E-state index contributed by atoms with van der Waals surface area (Å²) in [4.78, 5) is 0. The highest BCUT2D eigenvalue weighted by Crippen LogP contribution is 2.19. The van der Waals surface area contributed by atoms with E-state index < -0.39 is 8.07 Å². The monoisotopic (exact) mass is 352 g/mol. The average Bonchev–Trinajstić information content (AvgIpc) is 2.83. The van der Waals surface area contributed by atoms with Crippen LogP contribution in [0.25, 0.3) is 11.3 Å². The molecule has 5 heteroatoms. The van der Waals surface area contributed by atoms with Crippen molar-refractivity contribution in [1.29, 1.82) is 0 Å². The summed E-state index contributed by atoms with van der Waals surface area (Å²) in [6.07, 6.45) is 1.96. The van der Waals surface area contributed by atoms with E-state index in [-0.39, 0.29) is 0 Å². The minimum atomic E-state index is -1.01. The van der Waals surface area contributed by atoms with E-state index in [1.165, 1.54) is 6.04 Å². The van der Waals surface area contributed by atoms with Gasteiger partial charge >= 0.3 is 0 Å². The van der Waals surface area contributed by atoms with E-state index in [1.54, 1.807) is 0 Å². The van der Waals surface area contributed by atoms with Gasteiger partial charge in [-0.15, -0.1) is 0 Å². The zero-order valence-electron chi connectivity index (χ0n) is 12.3. The number of aromatic nitrogens is 2. The van der Waals surface area contributed by atoms with Crippen LogP contribution in [0.15, 0.2) is 41.0 Å². The maximum absolute atomic E-state index is 5.69. The van der Waals surface area contributed by atoms with Gasteiger partial charge in [-0.25, -0.2) is 4.68 Å². The Labute approximate surface area is 130 Å². The molecule has 3 nitrogen and oxygen atoms in total. The van der Waals surface area contributed by atoms with Crippen molar-refractivity contribution in [3.63, 3.8) is 0 Å². The first-order valence-corrected chi connectivity index (χ1v) is 11.3. The molecule has 0 aliphatic heterocycles. The van der Waals surface area contributed by atoms with E-state index >= 15 is 0 Å². The number of hydrogen-bond acceptors (Lipinski definition) is 2. The maximum atomic E-state index is 5.69. The minimum absolute atomic E-state index is 0.529. The first kappa shape index (κ1) is 15.5. The third kappa shape index (κ3) is 4.88. The smallest absolute Gasteiger partial charge is 0.139 e. The minimum Gasteiger partial charge on any atom is -0.360 e. The lowest BCUT2D eigenvalue weighted by molar-refractivity contribution is 0.0787. The molecule has 0 saturated carbocycles. The molecule has 0 spiro atoms. The van der Waals surface area contributed by atoms with Gasteiger partial charge in [-0.2, -0.15) is 5.10 Å². The van der Waals surface area contributed by atoms with Crippen LogP contribution in [-0.4, -0.2) is 24.5 Å². The number of hydrogen-bond donors (Lipinski definition) is 0. The summed E-state index contributed by atoms with van der Waals surface area (Å²) < 4.78 is 8.62. The lowest BCUT2D eigenvalue weighted by Gasteiger charge is -2.15. The molecule has 0 atom stereocenters. The fourth-order valence-electron chi connectivity index (χ4n) is 1.74. The molecule has 1 aromatic carbocycles. The second-order valence-electron chi connectivity index (χ2n) is 6.10. The molecule has 0 aliphatic rings. The lowest BCUT2D eigenvalue weighted by Crippen LogP contribution is -2.22. The van der Waals surface area contributed by atoms with Crippen molar-refractivity contribution >= 4 is 24.0 Å². The van der Waals surface area contributed by atoms with E-state index in [2.05, 4.69) is 52.8 Å². The summed E-state index contributed by atoms with van der Waals surface area (Å²) in [6, 6.07) is 11.4. The second-order valence-corrected chi connectivity index (χ2v) is 12.6. The van der Waals surface area contributed by atoms with Crippen molar-refractivity contribution in [2.45, 2.75) is 32.4 Å². The van der Waals surface area contributed by atoms with Crippen molar-refractivity contribution in [3.8, 4) is 11.3 Å². The van der Waals surface area contributed by atoms with Gasteiger partial charge in [-0.05, 0) is 24.2 Å². The normalized spacial score (nSPS) is 11.8. The van der Waals surface area contributed by atoms with Crippen molar-refractivity contribution in [2.75, 3.05) is 6.61 Å². The molecule has 0 fully saturated rings. The highest BCUT2D eigenvalue weighted by Gasteiger charge is 2.12. The van der Waals surface area contributed by atoms with E-state index in [0.717, 1.165) is 22.3 Å². The van der Waals surface area contributed by atoms with Gasteiger partial charge in [0.15, 0.2) is 0 Å². The van der Waals surface area contributed by atoms with Gasteiger partial charge in [0, 0.05) is 30.9 Å². The van der Waals surface area contributed by atoms with E-state index in [0.29, 0.717) is 6.73 Å². The van der Waals surface area contributed by atoms with E-state index in [9.17, 15) is 0 Å². The number of ether oxygens (including phenoxy) is 1. The number of nitrogens with zero attached hydrogens (tertiary/aromatic N) is 2. The van der Waals surface area contributed by atoms with Gasteiger partial charge in [0.2, 0.25) is 0 Å². The molecule has 108 valence electrons. The van der Waals surface area contributed by atoms with Crippen molar-refractivity contribution in [3.05, 3.63) is 41.0 Å². The fourth-order valence-corrected chi connectivity index (χ4v) is 2.77. The Morgan fingerprint density at radius 1 is 1.15 bits per heavy atom. The van der Waals surface area contributed by atoms with Gasteiger partial charge in [0.25, 0.3) is 0 Å². The molecule has 20 heavy (non-hydrogen) atoms. The van der Waals surface area contributed by atoms with Crippen molar-refractivity contribution < 1.29 is 4.74 Å². The number of benzene rings is 1. The summed E-state index contributed by atoms with van der Waals surface area (Å²) >= 11 is 3.44. The summed E-state index contributed by atoms with van der Waals surface area (Å²) in [5, 5.41) is 4.53. The molecule has 1 heterocycles. The Balaban J connectivity index is 1.88. The van der Waals surface area contributed by atoms with E-state index in [1.807, 2.05) is 29.1 Å². The Morgan fingerprint density at radius 2 is 1.85 bits per heavy atom. The van der Waals surface area contributed by atoms with Crippen LogP contribution in [-0.2, 0) is 11.5 Å². The SMILES string of the molecule is C[Si](C)(C)CCOCn1ccc(-c2ccc(Br)cc2)n1. The third-order valence-electron chi connectivity index (χ3n) is 3.00. The average molecular weight is 353 g/mol. The molecule has 0 bridgehead atoms. The second kappa shape index (κ2) is 6.69. The molecule has 2 aromatic rings. The van der Waals surface area contributed by atoms with Crippen molar-refractivity contribution in [2.24, 2.45) is 0 Å². The highest BCUT2D eigenvalue weighted by atomic mass is 79.9. The van der Waals surface area contributed by atoms with Gasteiger partial charge in [0.1, 0.15) is 6.73 Å². The number of rotatable bonds is 6. The molecule has 0 radical (unpaired) electrons. The summed E-state index contributed by atoms with van der Waals surface area (Å²) in [7, 11) is -1.01. The van der Waals surface area contributed by atoms with Gasteiger partial charge < -0.3 is 4.74 Å².